The Kier molecular flexibility index (Phi) is 7.13. The molecule has 0 radical (unpaired) electrons. The zero-order valence-electron chi connectivity index (χ0n) is 17.1. The van der Waals surface area contributed by atoms with E-state index in [0.717, 1.165) is 22.5 Å². The number of nitrogens with one attached hydrogen (secondary N) is 3. The van der Waals surface area contributed by atoms with Crippen LogP contribution in [-0.2, 0) is 9.59 Å². The Balaban J connectivity index is 1.75. The number of para-hydroxylation sites is 1. The smallest absolute Gasteiger partial charge is 0.262 e. The van der Waals surface area contributed by atoms with E-state index < -0.39 is 5.91 Å². The number of benzene rings is 2. The quantitative estimate of drug-likeness (QED) is 0.409. The van der Waals surface area contributed by atoms with Crippen LogP contribution in [0.1, 0.15) is 12.0 Å². The predicted octanol–water partition coefficient (Wildman–Crippen LogP) is 1.23. The van der Waals surface area contributed by atoms with E-state index in [-0.39, 0.29) is 5.91 Å². The van der Waals surface area contributed by atoms with E-state index in [1.54, 1.807) is 10.8 Å². The summed E-state index contributed by atoms with van der Waals surface area (Å²) in [6.45, 7) is 0.691. The van der Waals surface area contributed by atoms with Gasteiger partial charge in [0.1, 0.15) is 0 Å². The van der Waals surface area contributed by atoms with Crippen molar-refractivity contribution in [1.82, 2.24) is 20.6 Å². The van der Waals surface area contributed by atoms with Gasteiger partial charge in [0.25, 0.3) is 5.91 Å². The molecule has 3 N–H and O–H groups in total. The van der Waals surface area contributed by atoms with E-state index in [2.05, 4.69) is 10.9 Å². The standard InChI is InChI=1S/C23H25N5O2/c1-27(2)16-15-22(30)25-24-21(29)14-13-19-17-28(20-11-7-4-8-12-20)26-23(19)18-9-5-3-6-10-18/h3-14,17H,15-16H2,1-2H3,(H,24,29)(H,25,30)/p+1/b14-13+. The Labute approximate surface area is 176 Å². The van der Waals surface area contributed by atoms with Crippen LogP contribution >= 0.6 is 0 Å². The van der Waals surface area contributed by atoms with E-state index >= 15 is 0 Å². The molecule has 0 fully saturated rings. The number of hydrogen-bond acceptors (Lipinski definition) is 3. The lowest BCUT2D eigenvalue weighted by atomic mass is 10.1. The molecule has 30 heavy (non-hydrogen) atoms. The number of quaternary nitrogens is 1. The van der Waals surface area contributed by atoms with E-state index in [9.17, 15) is 9.59 Å². The van der Waals surface area contributed by atoms with Crippen LogP contribution in [0.3, 0.4) is 0 Å². The number of amides is 2. The van der Waals surface area contributed by atoms with Crippen LogP contribution in [-0.4, -0.2) is 42.2 Å². The van der Waals surface area contributed by atoms with Gasteiger partial charge in [-0.2, -0.15) is 5.10 Å². The minimum Gasteiger partial charge on any atom is -0.339 e. The lowest BCUT2D eigenvalue weighted by Gasteiger charge is -2.07. The Morgan fingerprint density at radius 1 is 1.00 bits per heavy atom. The second-order valence-corrected chi connectivity index (χ2v) is 7.16. The molecule has 0 atom stereocenters. The second kappa shape index (κ2) is 10.2. The number of hydrogen-bond donors (Lipinski definition) is 3. The van der Waals surface area contributed by atoms with Gasteiger partial charge in [-0.25, -0.2) is 4.68 Å². The molecule has 3 aromatic rings. The monoisotopic (exact) mass is 404 g/mol. The molecule has 0 bridgehead atoms. The summed E-state index contributed by atoms with van der Waals surface area (Å²) in [5.74, 6) is -0.633. The summed E-state index contributed by atoms with van der Waals surface area (Å²) < 4.78 is 1.78. The molecule has 0 aliphatic heterocycles. The topological polar surface area (TPSA) is 80.5 Å². The summed E-state index contributed by atoms with van der Waals surface area (Å²) in [5.41, 5.74) is 8.28. The van der Waals surface area contributed by atoms with Crippen molar-refractivity contribution in [3.8, 4) is 16.9 Å². The number of carbonyl (C=O) groups is 2. The zero-order chi connectivity index (χ0) is 21.3. The second-order valence-electron chi connectivity index (χ2n) is 7.16. The lowest BCUT2D eigenvalue weighted by molar-refractivity contribution is -0.857. The van der Waals surface area contributed by atoms with Crippen LogP contribution in [0.25, 0.3) is 23.0 Å². The van der Waals surface area contributed by atoms with Crippen LogP contribution in [0.2, 0.25) is 0 Å². The molecule has 154 valence electrons. The third kappa shape index (κ3) is 5.89. The van der Waals surface area contributed by atoms with Crippen LogP contribution in [0.15, 0.2) is 72.9 Å². The highest BCUT2D eigenvalue weighted by molar-refractivity contribution is 5.94. The third-order valence-corrected chi connectivity index (χ3v) is 4.40. The van der Waals surface area contributed by atoms with Gasteiger partial charge >= 0.3 is 0 Å². The summed E-state index contributed by atoms with van der Waals surface area (Å²) in [7, 11) is 3.93. The maximum atomic E-state index is 12.1. The van der Waals surface area contributed by atoms with E-state index in [0.29, 0.717) is 13.0 Å². The molecule has 0 saturated carbocycles. The number of hydrazine groups is 1. The van der Waals surface area contributed by atoms with Crippen molar-refractivity contribution in [2.24, 2.45) is 0 Å². The Morgan fingerprint density at radius 2 is 1.67 bits per heavy atom. The number of rotatable bonds is 7. The Morgan fingerprint density at radius 3 is 2.33 bits per heavy atom. The van der Waals surface area contributed by atoms with E-state index in [4.69, 9.17) is 5.10 Å². The molecular weight excluding hydrogens is 378 g/mol. The van der Waals surface area contributed by atoms with Crippen molar-refractivity contribution in [3.63, 3.8) is 0 Å². The SMILES string of the molecule is C[NH+](C)CCC(=O)NNC(=O)/C=C/c1cn(-c2ccccc2)nc1-c1ccccc1. The average Bonchev–Trinajstić information content (AvgIpc) is 3.20. The number of carbonyl (C=O) groups excluding carboxylic acids is 2. The van der Waals surface area contributed by atoms with Crippen molar-refractivity contribution >= 4 is 17.9 Å². The summed E-state index contributed by atoms with van der Waals surface area (Å²) in [4.78, 5) is 25.1. The summed E-state index contributed by atoms with van der Waals surface area (Å²) in [6, 6.07) is 19.6. The van der Waals surface area contributed by atoms with Gasteiger partial charge < -0.3 is 4.90 Å². The van der Waals surface area contributed by atoms with Gasteiger partial charge in [-0.05, 0) is 18.2 Å². The molecule has 0 aliphatic rings. The first-order valence-corrected chi connectivity index (χ1v) is 9.79. The average molecular weight is 404 g/mol. The van der Waals surface area contributed by atoms with Crippen molar-refractivity contribution in [2.45, 2.75) is 6.42 Å². The molecule has 7 nitrogen and oxygen atoms in total. The van der Waals surface area contributed by atoms with Crippen molar-refractivity contribution in [1.29, 1.82) is 0 Å². The zero-order valence-corrected chi connectivity index (χ0v) is 17.1. The third-order valence-electron chi connectivity index (χ3n) is 4.40. The molecule has 0 spiro atoms. The van der Waals surface area contributed by atoms with Gasteiger partial charge in [-0.1, -0.05) is 48.5 Å². The highest BCUT2D eigenvalue weighted by Gasteiger charge is 2.11. The summed E-state index contributed by atoms with van der Waals surface area (Å²) >= 11 is 0. The summed E-state index contributed by atoms with van der Waals surface area (Å²) in [5, 5.41) is 4.71. The normalized spacial score (nSPS) is 11.0. The fourth-order valence-corrected chi connectivity index (χ4v) is 2.81. The molecule has 2 aromatic carbocycles. The molecule has 1 aromatic heterocycles. The van der Waals surface area contributed by atoms with Crippen molar-refractivity contribution < 1.29 is 14.5 Å². The van der Waals surface area contributed by atoms with Crippen molar-refractivity contribution in [2.75, 3.05) is 20.6 Å². The van der Waals surface area contributed by atoms with Crippen molar-refractivity contribution in [3.05, 3.63) is 78.5 Å². The number of nitrogens with zero attached hydrogens (tertiary/aromatic N) is 2. The Bertz CT molecular complexity index is 1010. The molecule has 0 saturated heterocycles. The van der Waals surface area contributed by atoms with Crippen LogP contribution in [0.4, 0.5) is 0 Å². The minimum absolute atomic E-state index is 0.222. The van der Waals surface area contributed by atoms with Crippen LogP contribution < -0.4 is 15.8 Å². The number of aromatic nitrogens is 2. The molecule has 1 heterocycles. The minimum atomic E-state index is -0.410. The first kappa shape index (κ1) is 21.0. The van der Waals surface area contributed by atoms with Gasteiger partial charge in [0.2, 0.25) is 5.91 Å². The molecule has 0 aliphatic carbocycles. The summed E-state index contributed by atoms with van der Waals surface area (Å²) in [6.07, 6.45) is 5.30. The fraction of sp³-hybridized carbons (Fsp3) is 0.174. The highest BCUT2D eigenvalue weighted by Crippen LogP contribution is 2.24. The van der Waals surface area contributed by atoms with Gasteiger partial charge in [0.15, 0.2) is 0 Å². The highest BCUT2D eigenvalue weighted by atomic mass is 16.2. The van der Waals surface area contributed by atoms with Gasteiger partial charge in [0.05, 0.1) is 38.4 Å². The molecule has 3 rings (SSSR count). The molecule has 2 amide bonds. The van der Waals surface area contributed by atoms with Gasteiger partial charge in [-0.3, -0.25) is 20.4 Å². The van der Waals surface area contributed by atoms with Crippen LogP contribution in [0, 0.1) is 0 Å². The maximum absolute atomic E-state index is 12.1. The largest absolute Gasteiger partial charge is 0.339 e. The van der Waals surface area contributed by atoms with E-state index in [1.807, 2.05) is 81.0 Å². The first-order valence-electron chi connectivity index (χ1n) is 9.79. The molecule has 7 heteroatoms. The van der Waals surface area contributed by atoms with Gasteiger partial charge in [-0.15, -0.1) is 0 Å². The molecular formula is C23H26N5O2+. The van der Waals surface area contributed by atoms with E-state index in [1.165, 1.54) is 11.0 Å². The van der Waals surface area contributed by atoms with Crippen LogP contribution in [0.5, 0.6) is 0 Å². The fourth-order valence-electron chi connectivity index (χ4n) is 2.81. The molecule has 0 unspecified atom stereocenters. The Hall–Kier alpha value is -3.71. The maximum Gasteiger partial charge on any atom is 0.262 e. The first-order chi connectivity index (χ1) is 14.5. The predicted molar refractivity (Wildman–Crippen MR) is 117 cm³/mol. The lowest BCUT2D eigenvalue weighted by Crippen LogP contribution is -3.05. The van der Waals surface area contributed by atoms with Gasteiger partial charge in [0, 0.05) is 23.4 Å².